The van der Waals surface area contributed by atoms with E-state index >= 15 is 0 Å². The molecule has 0 aliphatic heterocycles. The third kappa shape index (κ3) is 3.87. The molecule has 2 aromatic heterocycles. The Morgan fingerprint density at radius 3 is 2.94 bits per heavy atom. The van der Waals surface area contributed by atoms with Gasteiger partial charge in [0, 0.05) is 23.9 Å². The molecule has 2 aromatic rings. The minimum Gasteiger partial charge on any atom is -0.316 e. The average molecular weight is 267 g/mol. The van der Waals surface area contributed by atoms with Crippen molar-refractivity contribution in [3.8, 4) is 10.6 Å². The predicted octanol–water partition coefficient (Wildman–Crippen LogP) is 3.05. The molecule has 0 aliphatic rings. The number of rotatable bonds is 6. The van der Waals surface area contributed by atoms with Crippen LogP contribution in [0.2, 0.25) is 0 Å². The molecule has 2 heterocycles. The minimum absolute atomic E-state index is 0.700. The van der Waals surface area contributed by atoms with Gasteiger partial charge in [0.1, 0.15) is 10.0 Å². The van der Waals surface area contributed by atoms with Gasteiger partial charge in [0.15, 0.2) is 0 Å². The molecule has 92 valence electrons. The molecule has 5 heteroatoms. The summed E-state index contributed by atoms with van der Waals surface area (Å²) in [6, 6.07) is 2.09. The molecule has 2 rings (SSSR count). The molecule has 0 spiro atoms. The molecule has 0 saturated heterocycles. The maximum absolute atomic E-state index is 4.22. The summed E-state index contributed by atoms with van der Waals surface area (Å²) in [7, 11) is 0. The normalized spacial score (nSPS) is 11.2. The highest BCUT2D eigenvalue weighted by Gasteiger charge is 2.06. The molecular formula is C12H17N3S2. The maximum Gasteiger partial charge on any atom is 0.148 e. The second-order valence-electron chi connectivity index (χ2n) is 4.36. The van der Waals surface area contributed by atoms with Crippen molar-refractivity contribution in [3.05, 3.63) is 21.8 Å². The lowest BCUT2D eigenvalue weighted by Crippen LogP contribution is -2.22. The van der Waals surface area contributed by atoms with Crippen LogP contribution < -0.4 is 5.32 Å². The summed E-state index contributed by atoms with van der Waals surface area (Å²) >= 11 is 3.39. The van der Waals surface area contributed by atoms with Crippen molar-refractivity contribution < 1.29 is 0 Å². The predicted molar refractivity (Wildman–Crippen MR) is 74.6 cm³/mol. The quantitative estimate of drug-likeness (QED) is 0.817. The molecule has 0 amide bonds. The van der Waals surface area contributed by atoms with Crippen LogP contribution in [0.1, 0.15) is 18.9 Å². The fraction of sp³-hybridized carbons (Fsp3) is 0.500. The van der Waals surface area contributed by atoms with Crippen LogP contribution in [-0.2, 0) is 6.42 Å². The topological polar surface area (TPSA) is 37.8 Å². The Labute approximate surface area is 110 Å². The van der Waals surface area contributed by atoms with E-state index in [-0.39, 0.29) is 0 Å². The minimum atomic E-state index is 0.700. The largest absolute Gasteiger partial charge is 0.316 e. The molecule has 0 saturated carbocycles. The third-order valence-corrected chi connectivity index (χ3v) is 4.02. The van der Waals surface area contributed by atoms with E-state index in [2.05, 4.69) is 46.2 Å². The highest BCUT2D eigenvalue weighted by atomic mass is 32.1. The molecule has 0 radical (unpaired) electrons. The maximum atomic E-state index is 4.22. The SMILES string of the molecule is CC(C)CNCCc1nnc(-c2ccsc2)s1. The summed E-state index contributed by atoms with van der Waals surface area (Å²) in [6.45, 7) is 6.48. The third-order valence-electron chi connectivity index (χ3n) is 2.30. The second-order valence-corrected chi connectivity index (χ2v) is 6.20. The van der Waals surface area contributed by atoms with Gasteiger partial charge in [0.2, 0.25) is 0 Å². The Balaban J connectivity index is 1.83. The van der Waals surface area contributed by atoms with Gasteiger partial charge in [-0.25, -0.2) is 0 Å². The highest BCUT2D eigenvalue weighted by Crippen LogP contribution is 2.25. The van der Waals surface area contributed by atoms with Crippen molar-refractivity contribution >= 4 is 22.7 Å². The zero-order valence-corrected chi connectivity index (χ0v) is 11.8. The summed E-state index contributed by atoms with van der Waals surface area (Å²) < 4.78 is 0. The number of hydrogen-bond acceptors (Lipinski definition) is 5. The lowest BCUT2D eigenvalue weighted by atomic mass is 10.2. The van der Waals surface area contributed by atoms with Gasteiger partial charge in [-0.05, 0) is 23.9 Å². The Hall–Kier alpha value is -0.780. The summed E-state index contributed by atoms with van der Waals surface area (Å²) in [4.78, 5) is 0. The van der Waals surface area contributed by atoms with E-state index in [0.717, 1.165) is 29.5 Å². The van der Waals surface area contributed by atoms with Crippen LogP contribution in [0.15, 0.2) is 16.8 Å². The summed E-state index contributed by atoms with van der Waals surface area (Å²) in [6.07, 6.45) is 0.967. The van der Waals surface area contributed by atoms with Gasteiger partial charge in [0.25, 0.3) is 0 Å². The number of aromatic nitrogens is 2. The number of hydrogen-bond donors (Lipinski definition) is 1. The summed E-state index contributed by atoms with van der Waals surface area (Å²) in [5.41, 5.74) is 1.19. The molecule has 3 nitrogen and oxygen atoms in total. The fourth-order valence-electron chi connectivity index (χ4n) is 1.44. The van der Waals surface area contributed by atoms with Gasteiger partial charge in [-0.15, -0.1) is 10.2 Å². The van der Waals surface area contributed by atoms with Crippen molar-refractivity contribution in [2.45, 2.75) is 20.3 Å². The van der Waals surface area contributed by atoms with E-state index in [1.54, 1.807) is 22.7 Å². The Kier molecular flexibility index (Phi) is 4.65. The second kappa shape index (κ2) is 6.23. The van der Waals surface area contributed by atoms with Crippen LogP contribution >= 0.6 is 22.7 Å². The van der Waals surface area contributed by atoms with Crippen LogP contribution in [0.3, 0.4) is 0 Å². The number of thiophene rings is 1. The number of nitrogens with zero attached hydrogens (tertiary/aromatic N) is 2. The van der Waals surface area contributed by atoms with Gasteiger partial charge < -0.3 is 5.32 Å². The molecule has 0 aliphatic carbocycles. The van der Waals surface area contributed by atoms with Crippen molar-refractivity contribution in [2.75, 3.05) is 13.1 Å². The average Bonchev–Trinajstić information content (AvgIpc) is 2.94. The van der Waals surface area contributed by atoms with Gasteiger partial charge in [0.05, 0.1) is 0 Å². The van der Waals surface area contributed by atoms with Gasteiger partial charge in [-0.1, -0.05) is 25.2 Å². The zero-order valence-electron chi connectivity index (χ0n) is 10.1. The molecular weight excluding hydrogens is 250 g/mol. The fourth-order valence-corrected chi connectivity index (χ4v) is 2.99. The van der Waals surface area contributed by atoms with Crippen LogP contribution in [-0.4, -0.2) is 23.3 Å². The van der Waals surface area contributed by atoms with Crippen molar-refractivity contribution in [2.24, 2.45) is 5.92 Å². The molecule has 0 bridgehead atoms. The lowest BCUT2D eigenvalue weighted by molar-refractivity contribution is 0.553. The standard InChI is InChI=1S/C12H17N3S2/c1-9(2)7-13-5-3-11-14-15-12(17-11)10-4-6-16-8-10/h4,6,8-9,13H,3,5,7H2,1-2H3. The first-order valence-corrected chi connectivity index (χ1v) is 7.57. The molecule has 0 fully saturated rings. The first-order valence-electron chi connectivity index (χ1n) is 5.81. The highest BCUT2D eigenvalue weighted by molar-refractivity contribution is 7.15. The summed E-state index contributed by atoms with van der Waals surface area (Å²) in [5.74, 6) is 0.700. The van der Waals surface area contributed by atoms with Gasteiger partial charge in [-0.2, -0.15) is 11.3 Å². The van der Waals surface area contributed by atoms with E-state index in [9.17, 15) is 0 Å². The van der Waals surface area contributed by atoms with Gasteiger partial charge >= 0.3 is 0 Å². The van der Waals surface area contributed by atoms with E-state index in [1.165, 1.54) is 5.56 Å². The lowest BCUT2D eigenvalue weighted by Gasteiger charge is -2.04. The Bertz CT molecular complexity index is 434. The van der Waals surface area contributed by atoms with Crippen molar-refractivity contribution in [1.82, 2.24) is 15.5 Å². The summed E-state index contributed by atoms with van der Waals surface area (Å²) in [5, 5.41) is 18.2. The molecule has 0 aromatic carbocycles. The number of nitrogens with one attached hydrogen (secondary N) is 1. The van der Waals surface area contributed by atoms with Crippen LogP contribution in [0.5, 0.6) is 0 Å². The smallest absolute Gasteiger partial charge is 0.148 e. The first kappa shape index (κ1) is 12.7. The molecule has 0 atom stereocenters. The monoisotopic (exact) mass is 267 g/mol. The van der Waals surface area contributed by atoms with E-state index in [1.807, 2.05) is 0 Å². The van der Waals surface area contributed by atoms with Crippen LogP contribution in [0, 0.1) is 5.92 Å². The van der Waals surface area contributed by atoms with E-state index in [0.29, 0.717) is 5.92 Å². The first-order chi connectivity index (χ1) is 8.25. The zero-order chi connectivity index (χ0) is 12.1. The Morgan fingerprint density at radius 2 is 2.24 bits per heavy atom. The van der Waals surface area contributed by atoms with Crippen molar-refractivity contribution in [1.29, 1.82) is 0 Å². The van der Waals surface area contributed by atoms with Crippen molar-refractivity contribution in [3.63, 3.8) is 0 Å². The molecule has 0 unspecified atom stereocenters. The van der Waals surface area contributed by atoms with E-state index < -0.39 is 0 Å². The molecule has 1 N–H and O–H groups in total. The molecule has 17 heavy (non-hydrogen) atoms. The Morgan fingerprint density at radius 1 is 1.35 bits per heavy atom. The van der Waals surface area contributed by atoms with Gasteiger partial charge in [-0.3, -0.25) is 0 Å². The van der Waals surface area contributed by atoms with Crippen LogP contribution in [0.25, 0.3) is 10.6 Å². The van der Waals surface area contributed by atoms with E-state index in [4.69, 9.17) is 0 Å². The van der Waals surface area contributed by atoms with Crippen LogP contribution in [0.4, 0.5) is 0 Å².